The van der Waals surface area contributed by atoms with E-state index in [0.717, 1.165) is 16.6 Å². The molecule has 0 spiro atoms. The summed E-state index contributed by atoms with van der Waals surface area (Å²) in [5, 5.41) is 0.822. The molecule has 2 aromatic heterocycles. The van der Waals surface area contributed by atoms with Crippen LogP contribution in [0.25, 0.3) is 10.9 Å². The van der Waals surface area contributed by atoms with Crippen molar-refractivity contribution in [2.24, 2.45) is 0 Å². The van der Waals surface area contributed by atoms with Gasteiger partial charge in [0.15, 0.2) is 0 Å². The van der Waals surface area contributed by atoms with Gasteiger partial charge in [-0.15, -0.1) is 0 Å². The van der Waals surface area contributed by atoms with Crippen molar-refractivity contribution in [1.29, 1.82) is 0 Å². The van der Waals surface area contributed by atoms with Crippen LogP contribution in [-0.2, 0) is 22.5 Å². The quantitative estimate of drug-likeness (QED) is 0.383. The number of Topliss-reactive ketones (excluding diaryl/α,β-unsaturated/α-hetero) is 1. The third-order valence-corrected chi connectivity index (χ3v) is 6.98. The van der Waals surface area contributed by atoms with Gasteiger partial charge in [-0.1, -0.05) is 12.1 Å². The SMILES string of the molecule is COCCn1cc(C(=O)N2CCC(c3cc(CCC(=O)C(F)(F)F)ccc3F)CC2)c2ccnc(C)c21. The van der Waals surface area contributed by atoms with E-state index in [1.165, 1.54) is 12.1 Å². The van der Waals surface area contributed by atoms with Crippen LogP contribution in [0.1, 0.15) is 52.4 Å². The van der Waals surface area contributed by atoms with E-state index >= 15 is 0 Å². The Morgan fingerprint density at radius 3 is 2.57 bits per heavy atom. The molecule has 0 radical (unpaired) electrons. The number of alkyl halides is 3. The number of amides is 1. The van der Waals surface area contributed by atoms with Crippen molar-refractivity contribution < 1.29 is 31.9 Å². The van der Waals surface area contributed by atoms with Crippen molar-refractivity contribution in [2.45, 2.75) is 51.2 Å². The second-order valence-electron chi connectivity index (χ2n) is 9.36. The average molecular weight is 520 g/mol. The molecule has 198 valence electrons. The number of fused-ring (bicyclic) bond motifs is 1. The lowest BCUT2D eigenvalue weighted by atomic mass is 9.87. The molecule has 0 bridgehead atoms. The van der Waals surface area contributed by atoms with Crippen molar-refractivity contribution in [3.63, 3.8) is 0 Å². The Labute approximate surface area is 212 Å². The van der Waals surface area contributed by atoms with Crippen LogP contribution in [-0.4, -0.2) is 59.1 Å². The summed E-state index contributed by atoms with van der Waals surface area (Å²) in [7, 11) is 1.62. The molecular formula is C27H29F4N3O3. The average Bonchev–Trinajstić information content (AvgIpc) is 3.25. The third-order valence-electron chi connectivity index (χ3n) is 6.98. The van der Waals surface area contributed by atoms with Crippen molar-refractivity contribution in [3.05, 3.63) is 64.9 Å². The molecule has 3 heterocycles. The second kappa shape index (κ2) is 11.0. The number of piperidine rings is 1. The monoisotopic (exact) mass is 519 g/mol. The Morgan fingerprint density at radius 1 is 1.16 bits per heavy atom. The smallest absolute Gasteiger partial charge is 0.383 e. The van der Waals surface area contributed by atoms with Crippen molar-refractivity contribution >= 4 is 22.6 Å². The number of carbonyl (C=O) groups excluding carboxylic acids is 2. The normalized spacial score (nSPS) is 14.9. The first-order valence-electron chi connectivity index (χ1n) is 12.2. The lowest BCUT2D eigenvalue weighted by molar-refractivity contribution is -0.171. The Balaban J connectivity index is 1.46. The molecule has 0 saturated carbocycles. The zero-order valence-corrected chi connectivity index (χ0v) is 20.8. The predicted molar refractivity (Wildman–Crippen MR) is 130 cm³/mol. The van der Waals surface area contributed by atoms with E-state index in [4.69, 9.17) is 4.74 Å². The molecule has 0 aliphatic carbocycles. The summed E-state index contributed by atoms with van der Waals surface area (Å²) in [4.78, 5) is 30.8. The fraction of sp³-hybridized carbons (Fsp3) is 0.444. The van der Waals surface area contributed by atoms with Gasteiger partial charge in [0.25, 0.3) is 5.91 Å². The maximum absolute atomic E-state index is 14.6. The minimum atomic E-state index is -4.87. The summed E-state index contributed by atoms with van der Waals surface area (Å²) in [6.07, 6.45) is -1.09. The number of hydrogen-bond acceptors (Lipinski definition) is 4. The number of aryl methyl sites for hydroxylation is 2. The maximum atomic E-state index is 14.6. The van der Waals surface area contributed by atoms with E-state index in [0.29, 0.717) is 55.8 Å². The molecule has 10 heteroatoms. The largest absolute Gasteiger partial charge is 0.449 e. The van der Waals surface area contributed by atoms with E-state index in [9.17, 15) is 27.2 Å². The standard InChI is InChI=1S/C27H29F4N3O3/c1-17-25-20(7-10-32-17)22(16-34(25)13-14-37-2)26(36)33-11-8-19(9-12-33)21-15-18(3-5-23(21)28)4-6-24(35)27(29,30)31/h3,5,7,10,15-16,19H,4,6,8-9,11-14H2,1-2H3. The molecule has 3 aromatic rings. The van der Waals surface area contributed by atoms with Crippen LogP contribution in [0.15, 0.2) is 36.7 Å². The van der Waals surface area contributed by atoms with Crippen molar-refractivity contribution in [1.82, 2.24) is 14.5 Å². The van der Waals surface area contributed by atoms with E-state index in [-0.39, 0.29) is 18.2 Å². The molecule has 37 heavy (non-hydrogen) atoms. The Hall–Kier alpha value is -3.27. The number of rotatable bonds is 8. The highest BCUT2D eigenvalue weighted by Gasteiger charge is 2.37. The first kappa shape index (κ1) is 26.8. The molecule has 1 fully saturated rings. The summed E-state index contributed by atoms with van der Waals surface area (Å²) < 4.78 is 59.4. The van der Waals surface area contributed by atoms with Crippen LogP contribution in [0.3, 0.4) is 0 Å². The lowest BCUT2D eigenvalue weighted by Crippen LogP contribution is -2.38. The number of aromatic nitrogens is 2. The van der Waals surface area contributed by atoms with E-state index in [1.807, 2.05) is 23.8 Å². The minimum absolute atomic E-state index is 0.106. The second-order valence-corrected chi connectivity index (χ2v) is 9.36. The Morgan fingerprint density at radius 2 is 1.89 bits per heavy atom. The molecular weight excluding hydrogens is 490 g/mol. The number of hydrogen-bond donors (Lipinski definition) is 0. The minimum Gasteiger partial charge on any atom is -0.383 e. The van der Waals surface area contributed by atoms with Gasteiger partial charge in [0, 0.05) is 50.9 Å². The summed E-state index contributed by atoms with van der Waals surface area (Å²) >= 11 is 0. The Kier molecular flexibility index (Phi) is 7.96. The highest BCUT2D eigenvalue weighted by molar-refractivity contribution is 6.07. The van der Waals surface area contributed by atoms with Gasteiger partial charge in [0.2, 0.25) is 5.78 Å². The van der Waals surface area contributed by atoms with Crippen molar-refractivity contribution in [2.75, 3.05) is 26.8 Å². The molecule has 1 aliphatic rings. The highest BCUT2D eigenvalue weighted by Crippen LogP contribution is 2.33. The van der Waals surface area contributed by atoms with Crippen LogP contribution < -0.4 is 0 Å². The number of nitrogens with zero attached hydrogens (tertiary/aromatic N) is 3. The topological polar surface area (TPSA) is 64.4 Å². The van der Waals surface area contributed by atoms with Crippen LogP contribution in [0.5, 0.6) is 0 Å². The molecule has 1 saturated heterocycles. The maximum Gasteiger partial charge on any atom is 0.449 e. The molecule has 0 N–H and O–H groups in total. The number of ketones is 1. The zero-order chi connectivity index (χ0) is 26.7. The summed E-state index contributed by atoms with van der Waals surface area (Å²) in [5.74, 6) is -2.50. The van der Waals surface area contributed by atoms with Gasteiger partial charge in [-0.05, 0) is 55.4 Å². The number of methoxy groups -OCH3 is 1. The zero-order valence-electron chi connectivity index (χ0n) is 20.8. The van der Waals surface area contributed by atoms with Gasteiger partial charge in [-0.3, -0.25) is 14.6 Å². The van der Waals surface area contributed by atoms with E-state index in [2.05, 4.69) is 4.98 Å². The first-order chi connectivity index (χ1) is 17.6. The van der Waals surface area contributed by atoms with Gasteiger partial charge in [-0.25, -0.2) is 4.39 Å². The third kappa shape index (κ3) is 5.84. The van der Waals surface area contributed by atoms with Crippen LogP contribution >= 0.6 is 0 Å². The molecule has 6 nitrogen and oxygen atoms in total. The molecule has 0 atom stereocenters. The van der Waals surface area contributed by atoms with E-state index < -0.39 is 24.2 Å². The number of likely N-dealkylation sites (tertiary alicyclic amines) is 1. The van der Waals surface area contributed by atoms with Crippen LogP contribution in [0.2, 0.25) is 0 Å². The molecule has 4 rings (SSSR count). The van der Waals surface area contributed by atoms with Crippen molar-refractivity contribution in [3.8, 4) is 0 Å². The molecule has 0 unspecified atom stereocenters. The Bertz CT molecular complexity index is 1290. The van der Waals surface area contributed by atoms with Crippen LogP contribution in [0, 0.1) is 12.7 Å². The molecule has 1 aromatic carbocycles. The number of ether oxygens (including phenoxy) is 1. The fourth-order valence-electron chi connectivity index (χ4n) is 4.99. The number of halogens is 4. The summed E-state index contributed by atoms with van der Waals surface area (Å²) in [5.41, 5.74) is 3.19. The highest BCUT2D eigenvalue weighted by atomic mass is 19.4. The fourth-order valence-corrected chi connectivity index (χ4v) is 4.99. The molecule has 1 aliphatic heterocycles. The van der Waals surface area contributed by atoms with Gasteiger partial charge in [0.1, 0.15) is 5.82 Å². The number of carbonyl (C=O) groups is 2. The first-order valence-corrected chi connectivity index (χ1v) is 12.2. The van der Waals surface area contributed by atoms with Gasteiger partial charge in [0.05, 0.1) is 23.4 Å². The summed E-state index contributed by atoms with van der Waals surface area (Å²) in [6.45, 7) is 3.82. The van der Waals surface area contributed by atoms with E-state index in [1.54, 1.807) is 24.3 Å². The number of benzene rings is 1. The van der Waals surface area contributed by atoms with Gasteiger partial charge < -0.3 is 14.2 Å². The lowest BCUT2D eigenvalue weighted by Gasteiger charge is -2.32. The molecule has 1 amide bonds. The predicted octanol–water partition coefficient (Wildman–Crippen LogP) is 5.21. The number of pyridine rings is 1. The van der Waals surface area contributed by atoms with Gasteiger partial charge in [-0.2, -0.15) is 13.2 Å². The van der Waals surface area contributed by atoms with Crippen LogP contribution in [0.4, 0.5) is 17.6 Å². The van der Waals surface area contributed by atoms with Gasteiger partial charge >= 0.3 is 6.18 Å². The summed E-state index contributed by atoms with van der Waals surface area (Å²) in [6, 6.07) is 6.04.